The maximum atomic E-state index is 11.5. The van der Waals surface area contributed by atoms with Gasteiger partial charge >= 0.3 is 0 Å². The van der Waals surface area contributed by atoms with Crippen LogP contribution in [-0.4, -0.2) is 24.8 Å². The van der Waals surface area contributed by atoms with Gasteiger partial charge in [-0.15, -0.1) is 0 Å². The number of fused-ring (bicyclic) bond motifs is 1. The molecule has 2 atom stereocenters. The highest BCUT2D eigenvalue weighted by atomic mass is 16.7. The van der Waals surface area contributed by atoms with Crippen LogP contribution in [0.4, 0.5) is 0 Å². The smallest absolute Gasteiger partial charge is 0.168 e. The fourth-order valence-electron chi connectivity index (χ4n) is 5.04. The number of ether oxygens (including phenoxy) is 2. The average Bonchev–Trinajstić information content (AvgIpc) is 2.96. The zero-order valence-electron chi connectivity index (χ0n) is 12.8. The molecule has 1 spiro atoms. The van der Waals surface area contributed by atoms with Gasteiger partial charge in [-0.1, -0.05) is 5.57 Å². The van der Waals surface area contributed by atoms with Crippen LogP contribution in [0.2, 0.25) is 0 Å². The molecule has 1 aliphatic heterocycles. The minimum absolute atomic E-state index is 0.215. The molecule has 0 aromatic rings. The van der Waals surface area contributed by atoms with E-state index in [1.54, 1.807) is 0 Å². The molecule has 1 saturated heterocycles. The van der Waals surface area contributed by atoms with Crippen molar-refractivity contribution in [1.29, 1.82) is 0 Å². The van der Waals surface area contributed by atoms with Gasteiger partial charge in [0, 0.05) is 19.3 Å². The molecule has 2 unspecified atom stereocenters. The molecule has 2 saturated carbocycles. The van der Waals surface area contributed by atoms with Gasteiger partial charge in [-0.25, -0.2) is 0 Å². The molecule has 116 valence electrons. The summed E-state index contributed by atoms with van der Waals surface area (Å²) in [6, 6.07) is 0. The van der Waals surface area contributed by atoms with Gasteiger partial charge in [-0.3, -0.25) is 4.79 Å². The average molecular weight is 290 g/mol. The highest BCUT2D eigenvalue weighted by Crippen LogP contribution is 2.47. The summed E-state index contributed by atoms with van der Waals surface area (Å²) in [4.78, 5) is 11.5. The lowest BCUT2D eigenvalue weighted by atomic mass is 9.66. The van der Waals surface area contributed by atoms with Crippen LogP contribution >= 0.6 is 0 Å². The number of carbonyl (C=O) groups excluding carboxylic acids is 1. The molecule has 0 bridgehead atoms. The molecule has 0 radical (unpaired) electrons. The molecule has 1 heterocycles. The van der Waals surface area contributed by atoms with Gasteiger partial charge in [0.2, 0.25) is 0 Å². The van der Waals surface area contributed by atoms with Crippen LogP contribution in [0.3, 0.4) is 0 Å². The monoisotopic (exact) mass is 290 g/mol. The molecule has 4 rings (SSSR count). The normalized spacial score (nSPS) is 36.6. The summed E-state index contributed by atoms with van der Waals surface area (Å²) in [6.07, 6.45) is 12.3. The quantitative estimate of drug-likeness (QED) is 0.740. The van der Waals surface area contributed by atoms with Gasteiger partial charge < -0.3 is 9.47 Å². The predicted molar refractivity (Wildman–Crippen MR) is 79.7 cm³/mol. The molecular formula is C18H26O3. The Bertz CT molecular complexity index is 437. The first kappa shape index (κ1) is 14.0. The highest BCUT2D eigenvalue weighted by molar-refractivity contribution is 5.91. The van der Waals surface area contributed by atoms with Crippen molar-refractivity contribution in [1.82, 2.24) is 0 Å². The van der Waals surface area contributed by atoms with E-state index in [1.807, 2.05) is 6.08 Å². The van der Waals surface area contributed by atoms with Crippen LogP contribution in [0, 0.1) is 17.8 Å². The van der Waals surface area contributed by atoms with E-state index in [1.165, 1.54) is 31.3 Å². The Morgan fingerprint density at radius 3 is 2.48 bits per heavy atom. The molecule has 0 N–H and O–H groups in total. The largest absolute Gasteiger partial charge is 0.348 e. The third-order valence-corrected chi connectivity index (χ3v) is 6.27. The van der Waals surface area contributed by atoms with E-state index >= 15 is 0 Å². The van der Waals surface area contributed by atoms with E-state index in [9.17, 15) is 4.79 Å². The van der Waals surface area contributed by atoms with Crippen molar-refractivity contribution in [2.45, 2.75) is 63.6 Å². The molecule has 21 heavy (non-hydrogen) atoms. The Hall–Kier alpha value is -0.670. The SMILES string of the molecule is O=C1C=C2CCC(C3CCC4(CC3)OCCO4)CC2CC1. The van der Waals surface area contributed by atoms with E-state index in [-0.39, 0.29) is 5.79 Å². The summed E-state index contributed by atoms with van der Waals surface area (Å²) in [6.45, 7) is 1.55. The van der Waals surface area contributed by atoms with Gasteiger partial charge in [0.1, 0.15) is 0 Å². The summed E-state index contributed by atoms with van der Waals surface area (Å²) in [5.41, 5.74) is 1.46. The van der Waals surface area contributed by atoms with Crippen LogP contribution < -0.4 is 0 Å². The van der Waals surface area contributed by atoms with Crippen molar-refractivity contribution in [2.75, 3.05) is 13.2 Å². The third-order valence-electron chi connectivity index (χ3n) is 6.27. The molecule has 3 nitrogen and oxygen atoms in total. The Kier molecular flexibility index (Phi) is 3.66. The molecular weight excluding hydrogens is 264 g/mol. The maximum Gasteiger partial charge on any atom is 0.168 e. The van der Waals surface area contributed by atoms with Crippen molar-refractivity contribution in [2.24, 2.45) is 17.8 Å². The number of allylic oxidation sites excluding steroid dienone is 2. The summed E-state index contributed by atoms with van der Waals surface area (Å²) in [5, 5.41) is 0. The standard InChI is InChI=1S/C18H26O3/c19-17-4-3-15-11-14(1-2-16(15)12-17)13-5-7-18(8-6-13)20-9-10-21-18/h12-15H,1-11H2. The summed E-state index contributed by atoms with van der Waals surface area (Å²) in [7, 11) is 0. The van der Waals surface area contributed by atoms with Crippen LogP contribution in [0.1, 0.15) is 57.8 Å². The van der Waals surface area contributed by atoms with Crippen molar-refractivity contribution in [3.63, 3.8) is 0 Å². The van der Waals surface area contributed by atoms with Crippen molar-refractivity contribution in [3.05, 3.63) is 11.6 Å². The van der Waals surface area contributed by atoms with Crippen LogP contribution in [-0.2, 0) is 14.3 Å². The lowest BCUT2D eigenvalue weighted by Gasteiger charge is -2.42. The molecule has 3 aliphatic carbocycles. The van der Waals surface area contributed by atoms with E-state index < -0.39 is 0 Å². The number of rotatable bonds is 1. The zero-order valence-corrected chi connectivity index (χ0v) is 12.8. The third kappa shape index (κ3) is 2.70. The minimum atomic E-state index is -0.215. The van der Waals surface area contributed by atoms with Gasteiger partial charge in [0.25, 0.3) is 0 Å². The summed E-state index contributed by atoms with van der Waals surface area (Å²) in [5.74, 6) is 2.56. The van der Waals surface area contributed by atoms with Crippen LogP contribution in [0.5, 0.6) is 0 Å². The maximum absolute atomic E-state index is 11.5. The number of hydrogen-bond donors (Lipinski definition) is 0. The van der Waals surface area contributed by atoms with Gasteiger partial charge in [0.15, 0.2) is 11.6 Å². The predicted octanol–water partition coefficient (Wildman–Crippen LogP) is 3.63. The topological polar surface area (TPSA) is 35.5 Å². The molecule has 3 fully saturated rings. The van der Waals surface area contributed by atoms with Crippen LogP contribution in [0.25, 0.3) is 0 Å². The lowest BCUT2D eigenvalue weighted by molar-refractivity contribution is -0.185. The van der Waals surface area contributed by atoms with Crippen molar-refractivity contribution in [3.8, 4) is 0 Å². The first-order valence-corrected chi connectivity index (χ1v) is 8.75. The lowest BCUT2D eigenvalue weighted by Crippen LogP contribution is -2.38. The Morgan fingerprint density at radius 2 is 1.71 bits per heavy atom. The van der Waals surface area contributed by atoms with Crippen molar-refractivity contribution < 1.29 is 14.3 Å². The molecule has 0 aromatic carbocycles. The Labute approximate surface area is 127 Å². The van der Waals surface area contributed by atoms with E-state index in [4.69, 9.17) is 9.47 Å². The highest BCUT2D eigenvalue weighted by Gasteiger charge is 2.43. The van der Waals surface area contributed by atoms with Gasteiger partial charge in [-0.05, 0) is 62.4 Å². The van der Waals surface area contributed by atoms with Crippen molar-refractivity contribution >= 4 is 5.78 Å². The fourth-order valence-corrected chi connectivity index (χ4v) is 5.04. The Morgan fingerprint density at radius 1 is 0.952 bits per heavy atom. The fraction of sp³-hybridized carbons (Fsp3) is 0.833. The molecule has 3 heteroatoms. The Balaban J connectivity index is 1.36. The van der Waals surface area contributed by atoms with Crippen LogP contribution in [0.15, 0.2) is 11.6 Å². The molecule has 0 amide bonds. The van der Waals surface area contributed by atoms with Gasteiger partial charge in [0.05, 0.1) is 13.2 Å². The van der Waals surface area contributed by atoms with E-state index in [2.05, 4.69) is 0 Å². The minimum Gasteiger partial charge on any atom is -0.348 e. The number of hydrogen-bond acceptors (Lipinski definition) is 3. The number of ketones is 1. The van der Waals surface area contributed by atoms with E-state index in [0.717, 1.165) is 57.2 Å². The van der Waals surface area contributed by atoms with Gasteiger partial charge in [-0.2, -0.15) is 0 Å². The zero-order chi connectivity index (χ0) is 14.3. The second-order valence-electron chi connectivity index (χ2n) is 7.40. The second kappa shape index (κ2) is 5.51. The first-order chi connectivity index (χ1) is 10.2. The summed E-state index contributed by atoms with van der Waals surface area (Å²) >= 11 is 0. The molecule has 0 aromatic heterocycles. The first-order valence-electron chi connectivity index (χ1n) is 8.75. The summed E-state index contributed by atoms with van der Waals surface area (Å²) < 4.78 is 11.7. The second-order valence-corrected chi connectivity index (χ2v) is 7.40. The van der Waals surface area contributed by atoms with E-state index in [0.29, 0.717) is 11.7 Å². The number of carbonyl (C=O) groups is 1. The molecule has 4 aliphatic rings.